The molecule has 0 aromatic carbocycles. The molecule has 0 radical (unpaired) electrons. The molecule has 1 aliphatic carbocycles. The minimum absolute atomic E-state index is 0.0637. The van der Waals surface area contributed by atoms with E-state index in [-0.39, 0.29) is 11.9 Å². The van der Waals surface area contributed by atoms with Crippen LogP contribution < -0.4 is 5.32 Å². The summed E-state index contributed by atoms with van der Waals surface area (Å²) in [5, 5.41) is 10.2. The van der Waals surface area contributed by atoms with Crippen LogP contribution in [0, 0.1) is 11.8 Å². The summed E-state index contributed by atoms with van der Waals surface area (Å²) < 4.78 is 10.4. The number of amides is 1. The van der Waals surface area contributed by atoms with Crippen molar-refractivity contribution in [1.82, 2.24) is 5.32 Å². The SMILES string of the molecule is CC(=O)O.CCCC(=O)OC(OC(=O)NCC1CCCCC1)C(C)C. The van der Waals surface area contributed by atoms with Gasteiger partial charge in [0.1, 0.15) is 0 Å². The van der Waals surface area contributed by atoms with Gasteiger partial charge in [-0.2, -0.15) is 0 Å². The summed E-state index contributed by atoms with van der Waals surface area (Å²) in [6.45, 7) is 7.35. The molecule has 25 heavy (non-hydrogen) atoms. The molecule has 1 atom stereocenters. The molecule has 0 bridgehead atoms. The maximum Gasteiger partial charge on any atom is 0.410 e. The Balaban J connectivity index is 0.00000129. The van der Waals surface area contributed by atoms with E-state index < -0.39 is 18.4 Å². The molecule has 1 amide bonds. The second-order valence-electron chi connectivity index (χ2n) is 6.66. The molecule has 146 valence electrons. The van der Waals surface area contributed by atoms with Gasteiger partial charge < -0.3 is 19.9 Å². The highest BCUT2D eigenvalue weighted by Gasteiger charge is 2.23. The maximum absolute atomic E-state index is 11.8. The summed E-state index contributed by atoms with van der Waals surface area (Å²) >= 11 is 0. The van der Waals surface area contributed by atoms with Crippen molar-refractivity contribution in [2.45, 2.75) is 78.9 Å². The Labute approximate surface area is 150 Å². The molecule has 2 N–H and O–H groups in total. The Hall–Kier alpha value is -1.79. The molecule has 7 heteroatoms. The number of nitrogens with one attached hydrogen (secondary N) is 1. The Morgan fingerprint density at radius 3 is 2.16 bits per heavy atom. The van der Waals surface area contributed by atoms with E-state index in [0.717, 1.165) is 13.3 Å². The number of hydrogen-bond donors (Lipinski definition) is 2. The average Bonchev–Trinajstić information content (AvgIpc) is 2.53. The Morgan fingerprint density at radius 1 is 1.12 bits per heavy atom. The predicted molar refractivity (Wildman–Crippen MR) is 94.0 cm³/mol. The fourth-order valence-electron chi connectivity index (χ4n) is 2.45. The lowest BCUT2D eigenvalue weighted by molar-refractivity contribution is -0.175. The predicted octanol–water partition coefficient (Wildman–Crippen LogP) is 3.71. The molecule has 1 unspecified atom stereocenters. The number of esters is 1. The van der Waals surface area contributed by atoms with Crippen molar-refractivity contribution in [3.8, 4) is 0 Å². The molecule has 1 rings (SSSR count). The van der Waals surface area contributed by atoms with Crippen LogP contribution in [0.5, 0.6) is 0 Å². The van der Waals surface area contributed by atoms with E-state index in [1.807, 2.05) is 20.8 Å². The average molecular weight is 359 g/mol. The lowest BCUT2D eigenvalue weighted by atomic mass is 9.89. The normalized spacial score (nSPS) is 15.6. The van der Waals surface area contributed by atoms with Crippen molar-refractivity contribution in [2.24, 2.45) is 11.8 Å². The van der Waals surface area contributed by atoms with Crippen LogP contribution in [0.3, 0.4) is 0 Å². The highest BCUT2D eigenvalue weighted by Crippen LogP contribution is 2.22. The van der Waals surface area contributed by atoms with E-state index in [4.69, 9.17) is 19.4 Å². The van der Waals surface area contributed by atoms with Gasteiger partial charge >= 0.3 is 12.1 Å². The molecule has 0 aromatic heterocycles. The first-order valence-corrected chi connectivity index (χ1v) is 9.09. The minimum atomic E-state index is -0.833. The van der Waals surface area contributed by atoms with Crippen molar-refractivity contribution < 1.29 is 29.0 Å². The molecule has 0 aliphatic heterocycles. The third-order valence-corrected chi connectivity index (χ3v) is 3.73. The summed E-state index contributed by atoms with van der Waals surface area (Å²) in [5.74, 6) is -0.672. The largest absolute Gasteiger partial charge is 0.481 e. The van der Waals surface area contributed by atoms with Crippen LogP contribution in [0.25, 0.3) is 0 Å². The lowest BCUT2D eigenvalue weighted by Gasteiger charge is -2.24. The van der Waals surface area contributed by atoms with Crippen LogP contribution in [0.2, 0.25) is 0 Å². The van der Waals surface area contributed by atoms with Crippen molar-refractivity contribution in [3.05, 3.63) is 0 Å². The van der Waals surface area contributed by atoms with Crippen LogP contribution in [0.1, 0.15) is 72.6 Å². The van der Waals surface area contributed by atoms with Gasteiger partial charge in [0.25, 0.3) is 12.3 Å². The molecule has 1 fully saturated rings. The highest BCUT2D eigenvalue weighted by atomic mass is 16.7. The number of rotatable bonds is 7. The van der Waals surface area contributed by atoms with Gasteiger partial charge in [0.05, 0.1) is 0 Å². The fraction of sp³-hybridized carbons (Fsp3) is 0.833. The zero-order valence-electron chi connectivity index (χ0n) is 15.9. The molecule has 7 nitrogen and oxygen atoms in total. The van der Waals surface area contributed by atoms with Gasteiger partial charge in [-0.15, -0.1) is 0 Å². The summed E-state index contributed by atoms with van der Waals surface area (Å²) in [7, 11) is 0. The monoisotopic (exact) mass is 359 g/mol. The Bertz CT molecular complexity index is 400. The summed E-state index contributed by atoms with van der Waals surface area (Å²) in [6, 6.07) is 0. The van der Waals surface area contributed by atoms with Crippen LogP contribution in [0.15, 0.2) is 0 Å². The zero-order valence-corrected chi connectivity index (χ0v) is 15.9. The Morgan fingerprint density at radius 2 is 1.68 bits per heavy atom. The number of ether oxygens (including phenoxy) is 2. The van der Waals surface area contributed by atoms with Crippen LogP contribution >= 0.6 is 0 Å². The summed E-state index contributed by atoms with van der Waals surface area (Å²) in [5.41, 5.74) is 0. The number of carboxylic acids is 1. The van der Waals surface area contributed by atoms with Crippen molar-refractivity contribution in [2.75, 3.05) is 6.54 Å². The van der Waals surface area contributed by atoms with Gasteiger partial charge in [0.15, 0.2) is 0 Å². The van der Waals surface area contributed by atoms with Gasteiger partial charge in [-0.05, 0) is 25.2 Å². The number of carbonyl (C=O) groups excluding carboxylic acids is 2. The third kappa shape index (κ3) is 13.2. The number of hydrogen-bond acceptors (Lipinski definition) is 5. The third-order valence-electron chi connectivity index (χ3n) is 3.73. The summed E-state index contributed by atoms with van der Waals surface area (Å²) in [6.07, 6.45) is 5.87. The van der Waals surface area contributed by atoms with Crippen LogP contribution in [-0.2, 0) is 19.1 Å². The molecule has 1 aliphatic rings. The van der Waals surface area contributed by atoms with Gasteiger partial charge in [-0.3, -0.25) is 9.59 Å². The van der Waals surface area contributed by atoms with Crippen LogP contribution in [0.4, 0.5) is 4.79 Å². The second kappa shape index (κ2) is 13.5. The van der Waals surface area contributed by atoms with E-state index in [0.29, 0.717) is 18.9 Å². The van der Waals surface area contributed by atoms with E-state index >= 15 is 0 Å². The van der Waals surface area contributed by atoms with Gasteiger partial charge in [0.2, 0.25) is 0 Å². The van der Waals surface area contributed by atoms with Gasteiger partial charge in [-0.25, -0.2) is 4.79 Å². The first kappa shape index (κ1) is 23.2. The molecule has 0 saturated heterocycles. The van der Waals surface area contributed by atoms with E-state index in [1.54, 1.807) is 0 Å². The number of aliphatic carboxylic acids is 1. The van der Waals surface area contributed by atoms with Crippen molar-refractivity contribution >= 4 is 18.0 Å². The molecular formula is C18H33NO6. The number of carbonyl (C=O) groups is 3. The smallest absolute Gasteiger partial charge is 0.410 e. The molecule has 0 aromatic rings. The number of alkyl carbamates (subject to hydrolysis) is 1. The zero-order chi connectivity index (χ0) is 19.2. The molecule has 0 heterocycles. The summed E-state index contributed by atoms with van der Waals surface area (Å²) in [4.78, 5) is 32.3. The topological polar surface area (TPSA) is 102 Å². The molecule has 0 spiro atoms. The molecule has 1 saturated carbocycles. The first-order valence-electron chi connectivity index (χ1n) is 9.09. The Kier molecular flexibility index (Phi) is 12.5. The fourth-order valence-corrected chi connectivity index (χ4v) is 2.45. The van der Waals surface area contributed by atoms with E-state index in [9.17, 15) is 9.59 Å². The second-order valence-corrected chi connectivity index (χ2v) is 6.66. The highest BCUT2D eigenvalue weighted by molar-refractivity contribution is 5.70. The number of carboxylic acid groups (broad SMARTS) is 1. The van der Waals surface area contributed by atoms with E-state index in [2.05, 4.69) is 5.32 Å². The lowest BCUT2D eigenvalue weighted by Crippen LogP contribution is -2.36. The quantitative estimate of drug-likeness (QED) is 0.531. The van der Waals surface area contributed by atoms with Gasteiger partial charge in [0, 0.05) is 25.8 Å². The first-order chi connectivity index (χ1) is 11.8. The maximum atomic E-state index is 11.8. The van der Waals surface area contributed by atoms with Crippen molar-refractivity contribution in [1.29, 1.82) is 0 Å². The molecular weight excluding hydrogens is 326 g/mol. The van der Waals surface area contributed by atoms with Crippen molar-refractivity contribution in [3.63, 3.8) is 0 Å². The van der Waals surface area contributed by atoms with Gasteiger partial charge in [-0.1, -0.05) is 40.0 Å². The van der Waals surface area contributed by atoms with E-state index in [1.165, 1.54) is 32.1 Å². The van der Waals surface area contributed by atoms with Crippen LogP contribution in [-0.4, -0.2) is 36.0 Å². The minimum Gasteiger partial charge on any atom is -0.481 e. The standard InChI is InChI=1S/C16H29NO4.C2H4O2/c1-4-8-14(18)20-15(12(2)3)21-16(19)17-11-13-9-6-5-7-10-13;1-2(3)4/h12-13,15H,4-11H2,1-3H3,(H,17,19);1H3,(H,3,4).